The summed E-state index contributed by atoms with van der Waals surface area (Å²) in [6, 6.07) is 18.9. The molecule has 3 aromatic carbocycles. The van der Waals surface area contributed by atoms with Gasteiger partial charge in [-0.1, -0.05) is 42.5 Å². The largest absolute Gasteiger partial charge is 0.496 e. The quantitative estimate of drug-likeness (QED) is 0.527. The van der Waals surface area contributed by atoms with Crippen molar-refractivity contribution in [1.82, 2.24) is 5.32 Å². The van der Waals surface area contributed by atoms with E-state index in [0.717, 1.165) is 16.3 Å². The molecule has 1 amide bonds. The number of nitrogens with one attached hydrogen (secondary N) is 2. The van der Waals surface area contributed by atoms with Crippen molar-refractivity contribution in [3.8, 4) is 11.5 Å². The minimum absolute atomic E-state index is 0.201. The molecule has 3 aromatic rings. The lowest BCUT2D eigenvalue weighted by Crippen LogP contribution is -2.45. The summed E-state index contributed by atoms with van der Waals surface area (Å²) in [5.74, 6) is 0.507. The summed E-state index contributed by atoms with van der Waals surface area (Å²) in [7, 11) is 1.63. The van der Waals surface area contributed by atoms with Crippen LogP contribution in [0.25, 0.3) is 10.8 Å². The Morgan fingerprint density at radius 3 is 2.62 bits per heavy atom. The van der Waals surface area contributed by atoms with E-state index < -0.39 is 12.0 Å². The topological polar surface area (TPSA) is 72.0 Å². The Labute approximate surface area is 192 Å². The van der Waals surface area contributed by atoms with E-state index >= 15 is 0 Å². The molecule has 1 aliphatic heterocycles. The Kier molecular flexibility index (Phi) is 6.37. The zero-order valence-electron chi connectivity index (χ0n) is 18.2. The van der Waals surface area contributed by atoms with E-state index in [1.165, 1.54) is 0 Å². The Hall–Kier alpha value is -3.45. The lowest BCUT2D eigenvalue weighted by atomic mass is 9.84. The van der Waals surface area contributed by atoms with Crippen LogP contribution in [0.2, 0.25) is 0 Å². The summed E-state index contributed by atoms with van der Waals surface area (Å²) >= 11 is 5.40. The summed E-state index contributed by atoms with van der Waals surface area (Å²) in [5.41, 5.74) is 2.13. The van der Waals surface area contributed by atoms with Crippen molar-refractivity contribution in [1.29, 1.82) is 0 Å². The third-order valence-electron chi connectivity index (χ3n) is 5.53. The Morgan fingerprint density at radius 1 is 1.09 bits per heavy atom. The van der Waals surface area contributed by atoms with Crippen LogP contribution in [-0.2, 0) is 4.79 Å². The van der Waals surface area contributed by atoms with Crippen molar-refractivity contribution in [2.45, 2.75) is 19.9 Å². The van der Waals surface area contributed by atoms with E-state index in [1.54, 1.807) is 7.11 Å². The number of hydrogen-bond donors (Lipinski definition) is 2. The van der Waals surface area contributed by atoms with Gasteiger partial charge >= 0.3 is 0 Å². The average molecular weight is 448 g/mol. The molecule has 2 atom stereocenters. The number of para-hydroxylation sites is 2. The molecule has 0 fully saturated rings. The maximum Gasteiger partial charge on any atom is 0.235 e. The SMILES string of the molecule is CCOc1ccccc1NC(=O)C1C(C)=NC(=S)NC1c1c(OC)ccc2ccccc12. The average Bonchev–Trinajstić information content (AvgIpc) is 2.79. The number of benzene rings is 3. The van der Waals surface area contributed by atoms with Gasteiger partial charge in [0.15, 0.2) is 5.11 Å². The minimum atomic E-state index is -0.601. The van der Waals surface area contributed by atoms with Gasteiger partial charge in [0, 0.05) is 11.3 Å². The van der Waals surface area contributed by atoms with E-state index in [9.17, 15) is 4.79 Å². The van der Waals surface area contributed by atoms with E-state index in [4.69, 9.17) is 21.7 Å². The van der Waals surface area contributed by atoms with Crippen molar-refractivity contribution in [3.63, 3.8) is 0 Å². The number of hydrogen-bond acceptors (Lipinski definition) is 4. The number of ether oxygens (including phenoxy) is 2. The monoisotopic (exact) mass is 447 g/mol. The van der Waals surface area contributed by atoms with Crippen LogP contribution in [0.15, 0.2) is 65.7 Å². The van der Waals surface area contributed by atoms with Crippen molar-refractivity contribution in [2.75, 3.05) is 19.0 Å². The molecule has 1 aliphatic rings. The molecule has 164 valence electrons. The molecule has 32 heavy (non-hydrogen) atoms. The van der Waals surface area contributed by atoms with Crippen LogP contribution in [0.3, 0.4) is 0 Å². The zero-order valence-corrected chi connectivity index (χ0v) is 19.0. The first-order valence-electron chi connectivity index (χ1n) is 10.5. The molecule has 2 N–H and O–H groups in total. The number of fused-ring (bicyclic) bond motifs is 1. The maximum absolute atomic E-state index is 13.6. The first-order chi connectivity index (χ1) is 15.5. The number of carbonyl (C=O) groups excluding carboxylic acids is 1. The highest BCUT2D eigenvalue weighted by molar-refractivity contribution is 7.80. The van der Waals surface area contributed by atoms with Gasteiger partial charge in [0.2, 0.25) is 5.91 Å². The third-order valence-corrected chi connectivity index (χ3v) is 5.74. The summed E-state index contributed by atoms with van der Waals surface area (Å²) in [5, 5.41) is 8.68. The number of anilines is 1. The van der Waals surface area contributed by atoms with Crippen LogP contribution < -0.4 is 20.1 Å². The molecule has 0 radical (unpaired) electrons. The van der Waals surface area contributed by atoms with Gasteiger partial charge in [0.1, 0.15) is 17.4 Å². The number of amides is 1. The first-order valence-corrected chi connectivity index (χ1v) is 10.9. The van der Waals surface area contributed by atoms with Crippen LogP contribution >= 0.6 is 12.2 Å². The predicted octanol–water partition coefficient (Wildman–Crippen LogP) is 4.89. The summed E-state index contributed by atoms with van der Waals surface area (Å²) in [6.07, 6.45) is 0. The summed E-state index contributed by atoms with van der Waals surface area (Å²) in [6.45, 7) is 4.24. The van der Waals surface area contributed by atoms with Gasteiger partial charge in [-0.2, -0.15) is 0 Å². The molecule has 0 aromatic heterocycles. The van der Waals surface area contributed by atoms with Crippen molar-refractivity contribution in [2.24, 2.45) is 10.9 Å². The van der Waals surface area contributed by atoms with Gasteiger partial charge in [0.25, 0.3) is 0 Å². The number of carbonyl (C=O) groups is 1. The van der Waals surface area contributed by atoms with Gasteiger partial charge in [-0.25, -0.2) is 4.99 Å². The fourth-order valence-corrected chi connectivity index (χ4v) is 4.41. The molecule has 0 spiro atoms. The van der Waals surface area contributed by atoms with Gasteiger partial charge in [-0.15, -0.1) is 0 Å². The fourth-order valence-electron chi connectivity index (χ4n) is 4.14. The third kappa shape index (κ3) is 4.16. The Morgan fingerprint density at radius 2 is 1.84 bits per heavy atom. The second-order valence-corrected chi connectivity index (χ2v) is 7.87. The smallest absolute Gasteiger partial charge is 0.235 e. The second kappa shape index (κ2) is 9.36. The van der Waals surface area contributed by atoms with Crippen LogP contribution in [0.1, 0.15) is 25.5 Å². The zero-order chi connectivity index (χ0) is 22.7. The highest BCUT2D eigenvalue weighted by Crippen LogP contribution is 2.39. The van der Waals surface area contributed by atoms with Gasteiger partial charge < -0.3 is 20.1 Å². The minimum Gasteiger partial charge on any atom is -0.496 e. The Bertz CT molecular complexity index is 1210. The molecule has 6 nitrogen and oxygen atoms in total. The molecule has 2 unspecified atom stereocenters. The molecular formula is C25H25N3O3S. The van der Waals surface area contributed by atoms with Crippen LogP contribution in [0.5, 0.6) is 11.5 Å². The van der Waals surface area contributed by atoms with E-state index in [0.29, 0.717) is 34.6 Å². The lowest BCUT2D eigenvalue weighted by molar-refractivity contribution is -0.118. The molecular weight excluding hydrogens is 422 g/mol. The number of thiocarbonyl (C=S) groups is 1. The second-order valence-electron chi connectivity index (χ2n) is 7.48. The number of aliphatic imine (C=N–C) groups is 1. The molecule has 4 rings (SSSR count). The van der Waals surface area contributed by atoms with Gasteiger partial charge in [0.05, 0.1) is 25.4 Å². The molecule has 0 saturated carbocycles. The van der Waals surface area contributed by atoms with Gasteiger partial charge in [-0.3, -0.25) is 4.79 Å². The fraction of sp³-hybridized carbons (Fsp3) is 0.240. The van der Waals surface area contributed by atoms with E-state index in [-0.39, 0.29) is 5.91 Å². The van der Waals surface area contributed by atoms with E-state index in [1.807, 2.05) is 74.5 Å². The van der Waals surface area contributed by atoms with Crippen LogP contribution in [0, 0.1) is 5.92 Å². The molecule has 7 heteroatoms. The summed E-state index contributed by atoms with van der Waals surface area (Å²) < 4.78 is 11.4. The number of nitrogens with zero attached hydrogens (tertiary/aromatic N) is 1. The lowest BCUT2D eigenvalue weighted by Gasteiger charge is -2.33. The normalized spacial score (nSPS) is 18.0. The number of methoxy groups -OCH3 is 1. The van der Waals surface area contributed by atoms with Crippen molar-refractivity contribution in [3.05, 3.63) is 66.2 Å². The number of rotatable bonds is 6. The standard InChI is InChI=1S/C25H25N3O3S/c1-4-31-19-12-8-7-11-18(19)27-24(29)21-15(2)26-25(32)28-23(21)22-17-10-6-5-9-16(17)13-14-20(22)30-3/h5-14,21,23H,4H2,1-3H3,(H,27,29)(H,28,32). The molecule has 1 heterocycles. The first kappa shape index (κ1) is 21.8. The highest BCUT2D eigenvalue weighted by atomic mass is 32.1. The molecule has 0 saturated heterocycles. The van der Waals surface area contributed by atoms with Crippen molar-refractivity contribution < 1.29 is 14.3 Å². The van der Waals surface area contributed by atoms with Gasteiger partial charge in [-0.05, 0) is 55.0 Å². The van der Waals surface area contributed by atoms with E-state index in [2.05, 4.69) is 15.6 Å². The predicted molar refractivity (Wildman–Crippen MR) is 132 cm³/mol. The molecule has 0 bridgehead atoms. The van der Waals surface area contributed by atoms with Crippen LogP contribution in [0.4, 0.5) is 5.69 Å². The maximum atomic E-state index is 13.6. The van der Waals surface area contributed by atoms with Crippen LogP contribution in [-0.4, -0.2) is 30.4 Å². The molecule has 0 aliphatic carbocycles. The highest BCUT2D eigenvalue weighted by Gasteiger charge is 2.38. The Balaban J connectivity index is 1.79. The summed E-state index contributed by atoms with van der Waals surface area (Å²) in [4.78, 5) is 18.0. The van der Waals surface area contributed by atoms with Crippen molar-refractivity contribution >= 4 is 45.4 Å².